The number of aliphatic hydroxyl groups is 5. The van der Waals surface area contributed by atoms with Crippen molar-refractivity contribution in [2.75, 3.05) is 20.3 Å². The zero-order chi connectivity index (χ0) is 54.6. The molecule has 5 N–H and O–H groups in total. The van der Waals surface area contributed by atoms with E-state index in [-0.39, 0.29) is 60.9 Å². The summed E-state index contributed by atoms with van der Waals surface area (Å²) in [6.07, 6.45) is 14.6. The normalized spacial score (nSPS) is 36.5. The van der Waals surface area contributed by atoms with Gasteiger partial charge in [0.15, 0.2) is 18.5 Å². The smallest absolute Gasteiger partial charge is 0.338 e. The zero-order valence-electron chi connectivity index (χ0n) is 46.9. The van der Waals surface area contributed by atoms with E-state index in [1.54, 1.807) is 12.1 Å². The van der Waals surface area contributed by atoms with Gasteiger partial charge in [-0.25, -0.2) is 4.79 Å². The van der Waals surface area contributed by atoms with Crippen LogP contribution in [0.4, 0.5) is 0 Å². The molecule has 6 aliphatic rings. The van der Waals surface area contributed by atoms with Crippen LogP contribution >= 0.6 is 0 Å². The number of esters is 3. The highest BCUT2D eigenvalue weighted by atomic mass is 16.7. The second-order valence-corrected chi connectivity index (χ2v) is 24.3. The average molecular weight is 1070 g/mol. The molecule has 0 bridgehead atoms. The minimum atomic E-state index is -1.56. The van der Waals surface area contributed by atoms with Crippen LogP contribution in [0.5, 0.6) is 5.75 Å². The molecule has 1 aliphatic heterocycles. The molecule has 3 unspecified atom stereocenters. The Morgan fingerprint density at radius 3 is 2.03 bits per heavy atom. The van der Waals surface area contributed by atoms with Crippen LogP contribution in [-0.2, 0) is 38.0 Å². The van der Waals surface area contributed by atoms with Gasteiger partial charge in [0.05, 0.1) is 50.3 Å². The largest absolute Gasteiger partial charge is 0.497 e. The summed E-state index contributed by atoms with van der Waals surface area (Å²) >= 11 is 0. The van der Waals surface area contributed by atoms with Gasteiger partial charge in [-0.2, -0.15) is 0 Å². The van der Waals surface area contributed by atoms with Crippen molar-refractivity contribution >= 4 is 17.9 Å². The topological polar surface area (TPSA) is 217 Å². The number of fused-ring (bicyclic) bond motifs is 5. The lowest BCUT2D eigenvalue weighted by molar-refractivity contribution is -0.321. The second-order valence-electron chi connectivity index (χ2n) is 24.3. The molecule has 7 rings (SSSR count). The van der Waals surface area contributed by atoms with E-state index in [0.717, 1.165) is 44.9 Å². The summed E-state index contributed by atoms with van der Waals surface area (Å²) in [7, 11) is 1.50. The van der Waals surface area contributed by atoms with Crippen molar-refractivity contribution in [2.45, 2.75) is 262 Å². The summed E-state index contributed by atoms with van der Waals surface area (Å²) in [5.74, 6) is -1.34. The summed E-state index contributed by atoms with van der Waals surface area (Å²) in [5.41, 5.74) is -0.837. The number of carbonyl (C=O) groups is 3. The van der Waals surface area contributed by atoms with Gasteiger partial charge in [-0.15, -0.1) is 0 Å². The standard InChI is InChI=1S/C61H96O15/c1-7-8-9-10-11-12-13-14-15-16-17-18-19-20-21-22-52(66)71-37-39(2)61(69)51(36-47-45-28-25-42-35-43(63)31-33-59(42,4)46(45)32-34-60(47,61)5)75-58-56(73-40(3)62)54(49(65)38-72-58)74-50-30-29-48(64)53(67)55(50)76-57(68)41-23-26-44(70-6)27-24-41/h23-27,39,43,45-51,53-56,58,63-65,67,69H,7-22,28-38H2,1-6H3/t39-,43+,45?,46?,47?,48-,49+,50-,51+,53+,54+,55+,56-,58+,59+,60+,61-/m1/s1. The average Bonchev–Trinajstić information content (AvgIpc) is 3.71. The molecule has 5 fully saturated rings. The predicted molar refractivity (Wildman–Crippen MR) is 286 cm³/mol. The summed E-state index contributed by atoms with van der Waals surface area (Å²) in [6, 6.07) is 6.22. The van der Waals surface area contributed by atoms with Crippen molar-refractivity contribution in [2.24, 2.45) is 34.5 Å². The Morgan fingerprint density at radius 2 is 1.39 bits per heavy atom. The Hall–Kier alpha value is -3.15. The van der Waals surface area contributed by atoms with E-state index in [0.29, 0.717) is 37.4 Å². The summed E-state index contributed by atoms with van der Waals surface area (Å²) in [4.78, 5) is 39.9. The van der Waals surface area contributed by atoms with E-state index in [9.17, 15) is 39.9 Å². The fourth-order valence-electron chi connectivity index (χ4n) is 14.8. The Labute approximate surface area is 453 Å². The molecule has 15 heteroatoms. The van der Waals surface area contributed by atoms with Gasteiger partial charge in [-0.1, -0.05) is 129 Å². The number of benzene rings is 1. The first-order valence-electron chi connectivity index (χ1n) is 29.7. The number of ether oxygens (including phenoxy) is 7. The third-order valence-corrected chi connectivity index (χ3v) is 19.3. The van der Waals surface area contributed by atoms with E-state index in [1.165, 1.54) is 109 Å². The predicted octanol–water partition coefficient (Wildman–Crippen LogP) is 9.63. The van der Waals surface area contributed by atoms with Gasteiger partial charge in [0, 0.05) is 24.7 Å². The fourth-order valence-corrected chi connectivity index (χ4v) is 14.8. The first-order chi connectivity index (χ1) is 36.4. The number of allylic oxidation sites excluding steroid dienone is 1. The molecular weight excluding hydrogens is 973 g/mol. The molecule has 1 heterocycles. The van der Waals surface area contributed by atoms with Crippen LogP contribution in [0.2, 0.25) is 0 Å². The van der Waals surface area contributed by atoms with Crippen molar-refractivity contribution in [1.82, 2.24) is 0 Å². The van der Waals surface area contributed by atoms with Gasteiger partial charge in [-0.05, 0) is 112 Å². The Balaban J connectivity index is 1.03. The SMILES string of the molecule is CCCCCCCCCCCCCCCCCC(=O)OC[C@@H](C)[C@@]1(O)[C@@H](O[C@@H]2OC[C@H](O)[C@H](O[C@@H]3CC[C@@H](O)[C@H](O)[C@H]3OC(=O)c3ccc(OC)cc3)[C@H]2OC(C)=O)CC2C3CC=C4C[C@@H](O)CC[C@]4(C)C3CC[C@@]21C. The highest BCUT2D eigenvalue weighted by Crippen LogP contribution is 2.69. The van der Waals surface area contributed by atoms with Gasteiger partial charge in [0.2, 0.25) is 0 Å². The van der Waals surface area contributed by atoms with Crippen LogP contribution < -0.4 is 4.74 Å². The lowest BCUT2D eigenvalue weighted by Gasteiger charge is -2.59. The molecule has 1 aromatic carbocycles. The lowest BCUT2D eigenvalue weighted by atomic mass is 9.46. The van der Waals surface area contributed by atoms with Gasteiger partial charge >= 0.3 is 17.9 Å². The number of methoxy groups -OCH3 is 1. The molecule has 5 aliphatic carbocycles. The summed E-state index contributed by atoms with van der Waals surface area (Å²) in [5, 5.41) is 58.0. The maximum absolute atomic E-state index is 13.7. The maximum Gasteiger partial charge on any atom is 0.338 e. The minimum Gasteiger partial charge on any atom is -0.497 e. The molecule has 15 nitrogen and oxygen atoms in total. The van der Waals surface area contributed by atoms with Gasteiger partial charge in [0.1, 0.15) is 29.7 Å². The van der Waals surface area contributed by atoms with E-state index in [4.69, 9.17) is 33.2 Å². The molecule has 17 atom stereocenters. The molecule has 0 aromatic heterocycles. The number of rotatable bonds is 27. The molecule has 1 saturated heterocycles. The number of hydrogen-bond donors (Lipinski definition) is 5. The fraction of sp³-hybridized carbons (Fsp3) is 0.820. The summed E-state index contributed by atoms with van der Waals surface area (Å²) in [6.45, 7) is 9.56. The van der Waals surface area contributed by atoms with Crippen molar-refractivity contribution in [3.8, 4) is 5.75 Å². The van der Waals surface area contributed by atoms with E-state index < -0.39 is 84.0 Å². The quantitative estimate of drug-likeness (QED) is 0.0240. The first-order valence-corrected chi connectivity index (χ1v) is 29.7. The Kier molecular flexibility index (Phi) is 22.1. The number of hydrogen-bond acceptors (Lipinski definition) is 15. The third kappa shape index (κ3) is 14.1. The van der Waals surface area contributed by atoms with E-state index in [2.05, 4.69) is 26.8 Å². The molecule has 4 saturated carbocycles. The van der Waals surface area contributed by atoms with Crippen LogP contribution in [-0.4, -0.2) is 131 Å². The van der Waals surface area contributed by atoms with Crippen LogP contribution in [0, 0.1) is 34.5 Å². The monoisotopic (exact) mass is 1070 g/mol. The van der Waals surface area contributed by atoms with Crippen molar-refractivity contribution in [3.63, 3.8) is 0 Å². The highest BCUT2D eigenvalue weighted by molar-refractivity contribution is 5.89. The van der Waals surface area contributed by atoms with Gasteiger partial charge < -0.3 is 58.7 Å². The van der Waals surface area contributed by atoms with Crippen molar-refractivity contribution in [3.05, 3.63) is 41.5 Å². The van der Waals surface area contributed by atoms with Crippen LogP contribution in [0.1, 0.15) is 205 Å². The van der Waals surface area contributed by atoms with Gasteiger partial charge in [-0.3, -0.25) is 9.59 Å². The van der Waals surface area contributed by atoms with Crippen molar-refractivity contribution in [1.29, 1.82) is 0 Å². The molecule has 0 amide bonds. The van der Waals surface area contributed by atoms with Crippen LogP contribution in [0.15, 0.2) is 35.9 Å². The van der Waals surface area contributed by atoms with E-state index >= 15 is 0 Å². The van der Waals surface area contributed by atoms with Crippen molar-refractivity contribution < 1.29 is 73.1 Å². The third-order valence-electron chi connectivity index (χ3n) is 19.3. The zero-order valence-corrected chi connectivity index (χ0v) is 46.9. The Bertz CT molecular complexity index is 2030. The molecule has 0 radical (unpaired) electrons. The Morgan fingerprint density at radius 1 is 0.750 bits per heavy atom. The minimum absolute atomic E-state index is 0.0223. The van der Waals surface area contributed by atoms with E-state index in [1.807, 2.05) is 6.92 Å². The van der Waals surface area contributed by atoms with Crippen LogP contribution in [0.25, 0.3) is 0 Å². The molecule has 430 valence electrons. The molecular formula is C61H96O15. The first kappa shape index (κ1) is 60.5. The van der Waals surface area contributed by atoms with Crippen LogP contribution in [0.3, 0.4) is 0 Å². The molecule has 76 heavy (non-hydrogen) atoms. The molecule has 1 aromatic rings. The van der Waals surface area contributed by atoms with Gasteiger partial charge in [0.25, 0.3) is 0 Å². The summed E-state index contributed by atoms with van der Waals surface area (Å²) < 4.78 is 42.8. The molecule has 0 spiro atoms. The number of unbranched alkanes of at least 4 members (excludes halogenated alkanes) is 14. The maximum atomic E-state index is 13.7. The number of carbonyl (C=O) groups excluding carboxylic acids is 3. The second kappa shape index (κ2) is 27.8. The number of aliphatic hydroxyl groups excluding tert-OH is 4. The lowest BCUT2D eigenvalue weighted by Crippen LogP contribution is -2.63. The highest BCUT2D eigenvalue weighted by Gasteiger charge is 2.70.